The summed E-state index contributed by atoms with van der Waals surface area (Å²) in [5.41, 5.74) is 3.03. The second-order valence-corrected chi connectivity index (χ2v) is 7.57. The van der Waals surface area contributed by atoms with Crippen molar-refractivity contribution in [1.82, 2.24) is 9.80 Å². The molecule has 0 aromatic heterocycles. The van der Waals surface area contributed by atoms with Gasteiger partial charge in [0.1, 0.15) is 5.75 Å². The number of anilines is 1. The average Bonchev–Trinajstić information content (AvgIpc) is 3.17. The third-order valence-corrected chi connectivity index (χ3v) is 5.32. The van der Waals surface area contributed by atoms with Gasteiger partial charge in [0.25, 0.3) is 0 Å². The van der Waals surface area contributed by atoms with E-state index in [1.165, 1.54) is 4.90 Å². The van der Waals surface area contributed by atoms with E-state index in [1.807, 2.05) is 49.4 Å². The van der Waals surface area contributed by atoms with Gasteiger partial charge in [0, 0.05) is 18.8 Å². The molecule has 3 rings (SSSR count). The van der Waals surface area contributed by atoms with E-state index in [0.29, 0.717) is 6.54 Å². The molecule has 0 aliphatic carbocycles. The van der Waals surface area contributed by atoms with Crippen LogP contribution in [0, 0.1) is 6.92 Å². The normalized spacial score (nSPS) is 16.4. The number of carbonyl (C=O) groups is 2. The minimum absolute atomic E-state index is 0.0321. The molecular weight excluding hydrogens is 366 g/mol. The van der Waals surface area contributed by atoms with Crippen LogP contribution in [0.4, 0.5) is 5.69 Å². The maximum Gasteiger partial charge on any atom is 0.243 e. The molecule has 1 heterocycles. The van der Waals surface area contributed by atoms with E-state index < -0.39 is 0 Å². The summed E-state index contributed by atoms with van der Waals surface area (Å²) in [7, 11) is 3.33. The van der Waals surface area contributed by atoms with Gasteiger partial charge in [-0.3, -0.25) is 14.5 Å². The van der Waals surface area contributed by atoms with E-state index in [4.69, 9.17) is 4.74 Å². The third kappa shape index (κ3) is 5.57. The molecule has 0 saturated carbocycles. The van der Waals surface area contributed by atoms with Crippen LogP contribution >= 0.6 is 0 Å². The Kier molecular flexibility index (Phi) is 6.88. The zero-order chi connectivity index (χ0) is 20.8. The van der Waals surface area contributed by atoms with Crippen molar-refractivity contribution < 1.29 is 14.3 Å². The van der Waals surface area contributed by atoms with E-state index in [9.17, 15) is 9.59 Å². The SMILES string of the molecule is COc1cccc(C2CCCN2CC(=O)N(C)CC(=O)Nc2ccc(C)cc2)c1. The lowest BCUT2D eigenvalue weighted by Crippen LogP contribution is -2.41. The predicted octanol–water partition coefficient (Wildman–Crippen LogP) is 3.24. The number of aryl methyl sites for hydroxylation is 1. The molecule has 29 heavy (non-hydrogen) atoms. The van der Waals surface area contributed by atoms with Gasteiger partial charge >= 0.3 is 0 Å². The van der Waals surface area contributed by atoms with Crippen molar-refractivity contribution in [3.63, 3.8) is 0 Å². The summed E-state index contributed by atoms with van der Waals surface area (Å²) in [6, 6.07) is 15.8. The number of likely N-dealkylation sites (tertiary alicyclic amines) is 1. The molecule has 1 aliphatic heterocycles. The first kappa shape index (κ1) is 20.9. The second-order valence-electron chi connectivity index (χ2n) is 7.57. The molecule has 0 spiro atoms. The van der Waals surface area contributed by atoms with Crippen LogP contribution in [0.5, 0.6) is 5.75 Å². The average molecular weight is 396 g/mol. The molecule has 1 unspecified atom stereocenters. The largest absolute Gasteiger partial charge is 0.497 e. The van der Waals surface area contributed by atoms with Crippen molar-refractivity contribution in [2.45, 2.75) is 25.8 Å². The maximum atomic E-state index is 12.7. The van der Waals surface area contributed by atoms with Crippen molar-refractivity contribution in [1.29, 1.82) is 0 Å². The van der Waals surface area contributed by atoms with Crippen molar-refractivity contribution in [3.8, 4) is 5.75 Å². The molecule has 1 N–H and O–H groups in total. The fourth-order valence-corrected chi connectivity index (χ4v) is 3.68. The summed E-state index contributed by atoms with van der Waals surface area (Å²) < 4.78 is 5.33. The summed E-state index contributed by atoms with van der Waals surface area (Å²) in [4.78, 5) is 28.7. The molecule has 2 amide bonds. The quantitative estimate of drug-likeness (QED) is 0.782. The Morgan fingerprint density at radius 1 is 1.21 bits per heavy atom. The van der Waals surface area contributed by atoms with Gasteiger partial charge in [-0.15, -0.1) is 0 Å². The van der Waals surface area contributed by atoms with Crippen LogP contribution in [0.15, 0.2) is 48.5 Å². The van der Waals surface area contributed by atoms with Crippen molar-refractivity contribution in [2.75, 3.05) is 39.1 Å². The van der Waals surface area contributed by atoms with Gasteiger partial charge in [0.15, 0.2) is 0 Å². The van der Waals surface area contributed by atoms with Crippen LogP contribution in [0.25, 0.3) is 0 Å². The highest BCUT2D eigenvalue weighted by molar-refractivity contribution is 5.94. The lowest BCUT2D eigenvalue weighted by Gasteiger charge is -2.27. The van der Waals surface area contributed by atoms with Gasteiger partial charge in [0.05, 0.1) is 20.2 Å². The molecule has 1 atom stereocenters. The number of ether oxygens (including phenoxy) is 1. The summed E-state index contributed by atoms with van der Waals surface area (Å²) in [6.45, 7) is 3.20. The molecule has 6 heteroatoms. The number of nitrogens with zero attached hydrogens (tertiary/aromatic N) is 2. The molecule has 0 radical (unpaired) electrons. The Bertz CT molecular complexity index is 851. The standard InChI is InChI=1S/C23H29N3O3/c1-17-9-11-19(12-10-17)24-22(27)15-25(2)23(28)16-26-13-5-8-21(26)18-6-4-7-20(14-18)29-3/h4,6-7,9-12,14,21H,5,8,13,15-16H2,1-3H3,(H,24,27). The van der Waals surface area contributed by atoms with E-state index in [2.05, 4.69) is 16.3 Å². The van der Waals surface area contributed by atoms with E-state index in [1.54, 1.807) is 14.2 Å². The van der Waals surface area contributed by atoms with Gasteiger partial charge in [-0.1, -0.05) is 29.8 Å². The van der Waals surface area contributed by atoms with E-state index in [-0.39, 0.29) is 24.4 Å². The summed E-state index contributed by atoms with van der Waals surface area (Å²) in [6.07, 6.45) is 2.06. The topological polar surface area (TPSA) is 61.9 Å². The highest BCUT2D eigenvalue weighted by Gasteiger charge is 2.29. The van der Waals surface area contributed by atoms with Gasteiger partial charge < -0.3 is 15.0 Å². The zero-order valence-corrected chi connectivity index (χ0v) is 17.4. The molecule has 6 nitrogen and oxygen atoms in total. The van der Waals surface area contributed by atoms with E-state index >= 15 is 0 Å². The third-order valence-electron chi connectivity index (χ3n) is 5.32. The Morgan fingerprint density at radius 2 is 1.97 bits per heavy atom. The van der Waals surface area contributed by atoms with Crippen LogP contribution in [0.1, 0.15) is 30.0 Å². The van der Waals surface area contributed by atoms with Gasteiger partial charge in [-0.2, -0.15) is 0 Å². The smallest absolute Gasteiger partial charge is 0.243 e. The lowest BCUT2D eigenvalue weighted by molar-refractivity contribution is -0.134. The molecule has 154 valence electrons. The van der Waals surface area contributed by atoms with Crippen molar-refractivity contribution in [2.24, 2.45) is 0 Å². The zero-order valence-electron chi connectivity index (χ0n) is 17.4. The van der Waals surface area contributed by atoms with Crippen LogP contribution < -0.4 is 10.1 Å². The van der Waals surface area contributed by atoms with Crippen LogP contribution in [0.2, 0.25) is 0 Å². The van der Waals surface area contributed by atoms with Crippen LogP contribution in [0.3, 0.4) is 0 Å². The van der Waals surface area contributed by atoms with Crippen LogP contribution in [-0.2, 0) is 9.59 Å². The number of rotatable bonds is 7. The van der Waals surface area contributed by atoms with Crippen molar-refractivity contribution in [3.05, 3.63) is 59.7 Å². The second kappa shape index (κ2) is 9.56. The fraction of sp³-hybridized carbons (Fsp3) is 0.391. The molecule has 0 bridgehead atoms. The number of hydrogen-bond donors (Lipinski definition) is 1. The van der Waals surface area contributed by atoms with Gasteiger partial charge in [-0.25, -0.2) is 0 Å². The minimum atomic E-state index is -0.199. The molecule has 2 aromatic rings. The first-order valence-electron chi connectivity index (χ1n) is 9.95. The predicted molar refractivity (Wildman–Crippen MR) is 114 cm³/mol. The number of likely N-dealkylation sites (N-methyl/N-ethyl adjacent to an activating group) is 1. The molecule has 1 saturated heterocycles. The number of hydrogen-bond acceptors (Lipinski definition) is 4. The minimum Gasteiger partial charge on any atom is -0.497 e. The Balaban J connectivity index is 1.55. The first-order chi connectivity index (χ1) is 14.0. The fourth-order valence-electron chi connectivity index (χ4n) is 3.68. The number of carbonyl (C=O) groups excluding carboxylic acids is 2. The highest BCUT2D eigenvalue weighted by Crippen LogP contribution is 2.33. The van der Waals surface area contributed by atoms with Crippen molar-refractivity contribution >= 4 is 17.5 Å². The lowest BCUT2D eigenvalue weighted by atomic mass is 10.0. The summed E-state index contributed by atoms with van der Waals surface area (Å²) in [5.74, 6) is 0.569. The number of benzene rings is 2. The summed E-state index contributed by atoms with van der Waals surface area (Å²) in [5, 5.41) is 2.84. The number of methoxy groups -OCH3 is 1. The number of amides is 2. The maximum absolute atomic E-state index is 12.7. The summed E-state index contributed by atoms with van der Waals surface area (Å²) >= 11 is 0. The Hall–Kier alpha value is -2.86. The van der Waals surface area contributed by atoms with Gasteiger partial charge in [-0.05, 0) is 56.1 Å². The van der Waals surface area contributed by atoms with E-state index in [0.717, 1.165) is 42.0 Å². The molecule has 1 fully saturated rings. The van der Waals surface area contributed by atoms with Gasteiger partial charge in [0.2, 0.25) is 11.8 Å². The first-order valence-corrected chi connectivity index (χ1v) is 9.95. The molecule has 1 aliphatic rings. The number of nitrogens with one attached hydrogen (secondary N) is 1. The highest BCUT2D eigenvalue weighted by atomic mass is 16.5. The molecular formula is C23H29N3O3. The Labute approximate surface area is 172 Å². The monoisotopic (exact) mass is 395 g/mol. The van der Waals surface area contributed by atoms with Crippen LogP contribution in [-0.4, -0.2) is 55.4 Å². The Morgan fingerprint density at radius 3 is 2.69 bits per heavy atom. The molecule has 2 aromatic carbocycles.